The first-order valence-corrected chi connectivity index (χ1v) is 9.45. The molecule has 3 aromatic carbocycles. The predicted molar refractivity (Wildman–Crippen MR) is 102 cm³/mol. The monoisotopic (exact) mass is 388 g/mol. The molecule has 0 heterocycles. The van der Waals surface area contributed by atoms with Gasteiger partial charge in [0.2, 0.25) is 0 Å². The molecular formula is C19H14ClFN2O2S. The van der Waals surface area contributed by atoms with Gasteiger partial charge in [-0.25, -0.2) is 4.39 Å². The van der Waals surface area contributed by atoms with E-state index in [0.717, 1.165) is 0 Å². The molecule has 1 N–H and O–H groups in total. The van der Waals surface area contributed by atoms with E-state index >= 15 is 0 Å². The van der Waals surface area contributed by atoms with E-state index in [9.17, 15) is 12.8 Å². The molecule has 7 heteroatoms. The Morgan fingerprint density at radius 2 is 1.54 bits per heavy atom. The number of rotatable bonds is 4. The molecule has 0 fully saturated rings. The highest BCUT2D eigenvalue weighted by Gasteiger charge is 2.15. The summed E-state index contributed by atoms with van der Waals surface area (Å²) in [5.41, 5.74) is 0.981. The quantitative estimate of drug-likeness (QED) is 0.519. The largest absolute Gasteiger partial charge is 0.339 e. The molecule has 0 aromatic heterocycles. The van der Waals surface area contributed by atoms with Crippen LogP contribution in [0.5, 0.6) is 0 Å². The molecule has 0 spiro atoms. The van der Waals surface area contributed by atoms with Gasteiger partial charge >= 0.3 is 0 Å². The summed E-state index contributed by atoms with van der Waals surface area (Å²) in [6.07, 6.45) is 0. The van der Waals surface area contributed by atoms with Crippen molar-refractivity contribution in [3.05, 3.63) is 95.3 Å². The molecule has 0 aliphatic rings. The van der Waals surface area contributed by atoms with Gasteiger partial charge in [-0.2, -0.15) is 8.42 Å². The maximum atomic E-state index is 13.4. The summed E-state index contributed by atoms with van der Waals surface area (Å²) in [6, 6.07) is 20.7. The average molecular weight is 389 g/mol. The fraction of sp³-hybridized carbons (Fsp3) is 0. The molecule has 0 radical (unpaired) electrons. The van der Waals surface area contributed by atoms with Crippen LogP contribution in [-0.4, -0.2) is 14.3 Å². The highest BCUT2D eigenvalue weighted by Crippen LogP contribution is 2.21. The van der Waals surface area contributed by atoms with E-state index < -0.39 is 15.8 Å². The van der Waals surface area contributed by atoms with Crippen LogP contribution in [0.1, 0.15) is 5.56 Å². The van der Waals surface area contributed by atoms with Crippen LogP contribution in [0.15, 0.2) is 88.2 Å². The minimum atomic E-state index is -3.93. The molecule has 0 saturated heterocycles. The van der Waals surface area contributed by atoms with Crippen LogP contribution >= 0.6 is 11.6 Å². The highest BCUT2D eigenvalue weighted by molar-refractivity contribution is 7.90. The second kappa shape index (κ2) is 7.68. The number of hydrogen-bond acceptors (Lipinski definition) is 2. The maximum Gasteiger partial charge on any atom is 0.284 e. The molecule has 4 nitrogen and oxygen atoms in total. The second-order valence-electron chi connectivity index (χ2n) is 5.35. The van der Waals surface area contributed by atoms with Crippen molar-refractivity contribution < 1.29 is 12.8 Å². The smallest absolute Gasteiger partial charge is 0.284 e. The second-order valence-corrected chi connectivity index (χ2v) is 7.36. The minimum Gasteiger partial charge on any atom is -0.339 e. The summed E-state index contributed by atoms with van der Waals surface area (Å²) in [4.78, 5) is 0.0763. The Labute approximate surface area is 156 Å². The van der Waals surface area contributed by atoms with E-state index in [-0.39, 0.29) is 15.8 Å². The highest BCUT2D eigenvalue weighted by atomic mass is 35.5. The predicted octanol–water partition coefficient (Wildman–Crippen LogP) is 4.73. The molecule has 0 unspecified atom stereocenters. The first kappa shape index (κ1) is 18.1. The van der Waals surface area contributed by atoms with Crippen LogP contribution in [0.4, 0.5) is 10.1 Å². The lowest BCUT2D eigenvalue weighted by Crippen LogP contribution is -2.16. The normalized spacial score (nSPS) is 12.0. The molecule has 0 saturated carbocycles. The summed E-state index contributed by atoms with van der Waals surface area (Å²) in [6.45, 7) is 0. The average Bonchev–Trinajstić information content (AvgIpc) is 2.65. The molecule has 0 aliphatic heterocycles. The molecular weight excluding hydrogens is 375 g/mol. The van der Waals surface area contributed by atoms with Gasteiger partial charge in [-0.05, 0) is 30.3 Å². The standard InChI is InChI=1S/C19H14ClFN2O2S/c20-17-13-15(11-12-18(17)21)22-19(14-7-3-1-4-8-14)23-26(24,25)16-9-5-2-6-10-16/h1-13H,(H,22,23). The number of nitrogens with zero attached hydrogens (tertiary/aromatic N) is 1. The Balaban J connectivity index is 2.05. The van der Waals surface area contributed by atoms with Gasteiger partial charge in [0, 0.05) is 11.3 Å². The molecule has 0 aliphatic carbocycles. The Bertz CT molecular complexity index is 1040. The number of benzene rings is 3. The summed E-state index contributed by atoms with van der Waals surface area (Å²) in [5, 5.41) is 2.83. The van der Waals surface area contributed by atoms with E-state index in [1.165, 1.54) is 30.3 Å². The van der Waals surface area contributed by atoms with Crippen molar-refractivity contribution in [3.63, 3.8) is 0 Å². The Kier molecular flexibility index (Phi) is 5.35. The van der Waals surface area contributed by atoms with Gasteiger partial charge in [-0.15, -0.1) is 4.40 Å². The summed E-state index contributed by atoms with van der Waals surface area (Å²) >= 11 is 5.80. The number of nitrogens with one attached hydrogen (secondary N) is 1. The zero-order valence-electron chi connectivity index (χ0n) is 13.4. The summed E-state index contributed by atoms with van der Waals surface area (Å²) in [7, 11) is -3.93. The molecule has 0 bridgehead atoms. The van der Waals surface area contributed by atoms with Gasteiger partial charge in [0.05, 0.1) is 9.92 Å². The summed E-state index contributed by atoms with van der Waals surface area (Å²) < 4.78 is 42.5. The lowest BCUT2D eigenvalue weighted by Gasteiger charge is -2.11. The molecule has 3 aromatic rings. The summed E-state index contributed by atoms with van der Waals surface area (Å²) in [5.74, 6) is -0.454. The third-order valence-corrected chi connectivity index (χ3v) is 5.06. The zero-order chi connectivity index (χ0) is 18.6. The van der Waals surface area contributed by atoms with E-state index in [4.69, 9.17) is 11.6 Å². The number of sulfonamides is 1. The van der Waals surface area contributed by atoms with Crippen LogP contribution in [0, 0.1) is 5.82 Å². The molecule has 132 valence electrons. The van der Waals surface area contributed by atoms with Gasteiger partial charge < -0.3 is 5.32 Å². The van der Waals surface area contributed by atoms with Gasteiger partial charge in [0.1, 0.15) is 5.82 Å². The van der Waals surface area contributed by atoms with Crippen molar-refractivity contribution in [2.45, 2.75) is 4.90 Å². The lowest BCUT2D eigenvalue weighted by atomic mass is 10.2. The number of amidine groups is 1. The van der Waals surface area contributed by atoms with E-state index in [2.05, 4.69) is 9.71 Å². The Morgan fingerprint density at radius 3 is 2.15 bits per heavy atom. The fourth-order valence-electron chi connectivity index (χ4n) is 2.22. The number of hydrogen-bond donors (Lipinski definition) is 1. The van der Waals surface area contributed by atoms with E-state index in [0.29, 0.717) is 11.3 Å². The lowest BCUT2D eigenvalue weighted by molar-refractivity contribution is 0.598. The zero-order valence-corrected chi connectivity index (χ0v) is 15.0. The van der Waals surface area contributed by atoms with Crippen molar-refractivity contribution >= 4 is 33.1 Å². The molecule has 0 amide bonds. The van der Waals surface area contributed by atoms with Crippen molar-refractivity contribution in [1.29, 1.82) is 0 Å². The van der Waals surface area contributed by atoms with Crippen LogP contribution in [0.2, 0.25) is 5.02 Å². The SMILES string of the molecule is O=S(=O)(N=C(Nc1ccc(F)c(Cl)c1)c1ccccc1)c1ccccc1. The maximum absolute atomic E-state index is 13.4. The van der Waals surface area contributed by atoms with E-state index in [1.54, 1.807) is 42.5 Å². The third-order valence-electron chi connectivity index (χ3n) is 3.48. The topological polar surface area (TPSA) is 58.5 Å². The Morgan fingerprint density at radius 1 is 0.923 bits per heavy atom. The van der Waals surface area contributed by atoms with Crippen molar-refractivity contribution in [2.24, 2.45) is 4.40 Å². The van der Waals surface area contributed by atoms with Gasteiger partial charge in [-0.1, -0.05) is 60.1 Å². The Hall–Kier alpha value is -2.70. The minimum absolute atomic E-state index is 0.0756. The first-order valence-electron chi connectivity index (χ1n) is 7.63. The van der Waals surface area contributed by atoms with Crippen LogP contribution in [-0.2, 0) is 10.0 Å². The van der Waals surface area contributed by atoms with Crippen molar-refractivity contribution in [3.8, 4) is 0 Å². The van der Waals surface area contributed by atoms with Gasteiger partial charge in [0.25, 0.3) is 10.0 Å². The molecule has 26 heavy (non-hydrogen) atoms. The van der Waals surface area contributed by atoms with Gasteiger partial charge in [-0.3, -0.25) is 0 Å². The van der Waals surface area contributed by atoms with Crippen LogP contribution in [0.25, 0.3) is 0 Å². The number of halogens is 2. The van der Waals surface area contributed by atoms with Gasteiger partial charge in [0.15, 0.2) is 5.84 Å². The number of anilines is 1. The van der Waals surface area contributed by atoms with Crippen molar-refractivity contribution in [2.75, 3.05) is 5.32 Å². The van der Waals surface area contributed by atoms with Crippen LogP contribution < -0.4 is 5.32 Å². The van der Waals surface area contributed by atoms with Crippen LogP contribution in [0.3, 0.4) is 0 Å². The fourth-order valence-corrected chi connectivity index (χ4v) is 3.40. The first-order chi connectivity index (χ1) is 12.5. The molecule has 3 rings (SSSR count). The molecule has 0 atom stereocenters. The van der Waals surface area contributed by atoms with Crippen molar-refractivity contribution in [1.82, 2.24) is 0 Å². The van der Waals surface area contributed by atoms with E-state index in [1.807, 2.05) is 6.07 Å². The third kappa shape index (κ3) is 4.28.